The molecule has 1 aliphatic heterocycles. The van der Waals surface area contributed by atoms with Crippen molar-refractivity contribution in [3.63, 3.8) is 0 Å². The number of hydrogen-bond acceptors (Lipinski definition) is 6. The smallest absolute Gasteiger partial charge is 0.243 e. The molecule has 2 amide bonds. The minimum absolute atomic E-state index is 0.0608. The Kier molecular flexibility index (Phi) is 5.74. The molecule has 1 aromatic carbocycles. The predicted octanol–water partition coefficient (Wildman–Crippen LogP) is 1.68. The summed E-state index contributed by atoms with van der Waals surface area (Å²) in [5.41, 5.74) is 7.66. The number of fused-ring (bicyclic) bond motifs is 1. The summed E-state index contributed by atoms with van der Waals surface area (Å²) in [4.78, 5) is 27.9. The Bertz CT molecular complexity index is 973. The Balaban J connectivity index is 1.46. The second-order valence-electron chi connectivity index (χ2n) is 9.68. The van der Waals surface area contributed by atoms with Crippen LogP contribution in [0.15, 0.2) is 24.5 Å². The van der Waals surface area contributed by atoms with Crippen molar-refractivity contribution in [2.75, 3.05) is 0 Å². The van der Waals surface area contributed by atoms with Gasteiger partial charge >= 0.3 is 0 Å². The maximum atomic E-state index is 13.1. The minimum atomic E-state index is -0.603. The van der Waals surface area contributed by atoms with Crippen LogP contribution in [0.5, 0.6) is 0 Å². The van der Waals surface area contributed by atoms with E-state index >= 15 is 0 Å². The number of benzene rings is 1. The van der Waals surface area contributed by atoms with E-state index in [4.69, 9.17) is 17.3 Å². The summed E-state index contributed by atoms with van der Waals surface area (Å²) < 4.78 is 1.52. The molecule has 1 saturated carbocycles. The van der Waals surface area contributed by atoms with E-state index in [-0.39, 0.29) is 29.8 Å². The molecule has 9 nitrogen and oxygen atoms in total. The molecule has 2 fully saturated rings. The number of carbonyl (C=O) groups excluding carboxylic acids is 2. The van der Waals surface area contributed by atoms with Crippen LogP contribution in [0, 0.1) is 11.3 Å². The Labute approximate surface area is 186 Å². The molecule has 4 rings (SSSR count). The van der Waals surface area contributed by atoms with Crippen molar-refractivity contribution in [2.24, 2.45) is 17.1 Å². The first-order valence-corrected chi connectivity index (χ1v) is 10.9. The zero-order chi connectivity index (χ0) is 22.3. The van der Waals surface area contributed by atoms with Gasteiger partial charge in [0.2, 0.25) is 11.8 Å². The van der Waals surface area contributed by atoms with Gasteiger partial charge in [0.05, 0.1) is 11.7 Å². The third-order valence-electron chi connectivity index (χ3n) is 5.90. The number of piperidine rings is 1. The topological polar surface area (TPSA) is 119 Å². The van der Waals surface area contributed by atoms with Crippen molar-refractivity contribution >= 4 is 23.4 Å². The SMILES string of the molecule is CC(C)(C)C[C@@H](N)C(=O)N1[C@@H]2C[C@@H]2C[C@H]1C(=O)NCc1cc(Cl)ccc1-n1cnnn1. The van der Waals surface area contributed by atoms with Crippen LogP contribution in [0.3, 0.4) is 0 Å². The summed E-state index contributed by atoms with van der Waals surface area (Å²) in [5, 5.41) is 14.8. The van der Waals surface area contributed by atoms with Crippen molar-refractivity contribution in [3.8, 4) is 5.69 Å². The van der Waals surface area contributed by atoms with E-state index in [2.05, 4.69) is 41.6 Å². The van der Waals surface area contributed by atoms with Gasteiger partial charge in [-0.15, -0.1) is 5.10 Å². The number of carbonyl (C=O) groups is 2. The fourth-order valence-electron chi connectivity index (χ4n) is 4.44. The third kappa shape index (κ3) is 4.72. The number of tetrazole rings is 1. The van der Waals surface area contributed by atoms with E-state index in [1.807, 2.05) is 0 Å². The van der Waals surface area contributed by atoms with Crippen molar-refractivity contribution in [2.45, 2.75) is 64.7 Å². The number of likely N-dealkylation sites (tertiary alicyclic amines) is 1. The Hall–Kier alpha value is -2.52. The molecule has 0 bridgehead atoms. The van der Waals surface area contributed by atoms with E-state index in [9.17, 15) is 9.59 Å². The van der Waals surface area contributed by atoms with E-state index in [1.54, 1.807) is 23.1 Å². The van der Waals surface area contributed by atoms with Gasteiger partial charge < -0.3 is 16.0 Å². The highest BCUT2D eigenvalue weighted by molar-refractivity contribution is 6.30. The van der Waals surface area contributed by atoms with Gasteiger partial charge in [-0.2, -0.15) is 0 Å². The van der Waals surface area contributed by atoms with Crippen LogP contribution >= 0.6 is 11.6 Å². The molecule has 3 N–H and O–H groups in total. The van der Waals surface area contributed by atoms with E-state index in [1.165, 1.54) is 11.0 Å². The summed E-state index contributed by atoms with van der Waals surface area (Å²) in [5.74, 6) is 0.0906. The van der Waals surface area contributed by atoms with E-state index in [0.717, 1.165) is 17.7 Å². The van der Waals surface area contributed by atoms with Crippen LogP contribution in [-0.2, 0) is 16.1 Å². The lowest BCUT2D eigenvalue weighted by atomic mass is 9.88. The van der Waals surface area contributed by atoms with Crippen molar-refractivity contribution in [1.29, 1.82) is 0 Å². The van der Waals surface area contributed by atoms with E-state index < -0.39 is 12.1 Å². The molecule has 0 spiro atoms. The summed E-state index contributed by atoms with van der Waals surface area (Å²) in [6, 6.07) is 4.36. The average Bonchev–Trinajstić information content (AvgIpc) is 3.10. The second-order valence-corrected chi connectivity index (χ2v) is 10.1. The van der Waals surface area contributed by atoms with Crippen LogP contribution < -0.4 is 11.1 Å². The molecule has 1 aliphatic carbocycles. The minimum Gasteiger partial charge on any atom is -0.350 e. The molecule has 10 heteroatoms. The number of rotatable bonds is 6. The number of amides is 2. The lowest BCUT2D eigenvalue weighted by Gasteiger charge is -2.31. The van der Waals surface area contributed by atoms with Gasteiger partial charge in [0.1, 0.15) is 12.4 Å². The summed E-state index contributed by atoms with van der Waals surface area (Å²) in [6.07, 6.45) is 3.69. The van der Waals surface area contributed by atoms with Gasteiger partial charge in [-0.25, -0.2) is 4.68 Å². The zero-order valence-electron chi connectivity index (χ0n) is 18.0. The van der Waals surface area contributed by atoms with Crippen molar-refractivity contribution < 1.29 is 9.59 Å². The Morgan fingerprint density at radius 3 is 2.77 bits per heavy atom. The van der Waals surface area contributed by atoms with Gasteiger partial charge in [0, 0.05) is 17.6 Å². The molecule has 2 aliphatic rings. The van der Waals surface area contributed by atoms with E-state index in [0.29, 0.717) is 23.8 Å². The lowest BCUT2D eigenvalue weighted by molar-refractivity contribution is -0.141. The molecule has 1 aromatic heterocycles. The summed E-state index contributed by atoms with van der Waals surface area (Å²) in [6.45, 7) is 6.42. The Morgan fingerprint density at radius 1 is 1.32 bits per heavy atom. The molecule has 2 heterocycles. The highest BCUT2D eigenvalue weighted by atomic mass is 35.5. The molecule has 2 aromatic rings. The first kappa shape index (κ1) is 21.7. The molecule has 166 valence electrons. The first-order chi connectivity index (χ1) is 14.6. The fraction of sp³-hybridized carbons (Fsp3) is 0.571. The summed E-state index contributed by atoms with van der Waals surface area (Å²) >= 11 is 6.16. The monoisotopic (exact) mass is 445 g/mol. The normalized spacial score (nSPS) is 23.4. The van der Waals surface area contributed by atoms with Crippen molar-refractivity contribution in [1.82, 2.24) is 30.4 Å². The van der Waals surface area contributed by atoms with Gasteiger partial charge in [0.25, 0.3) is 0 Å². The molecule has 31 heavy (non-hydrogen) atoms. The molecule has 0 unspecified atom stereocenters. The van der Waals surface area contributed by atoms with Crippen LogP contribution in [0.4, 0.5) is 0 Å². The van der Waals surface area contributed by atoms with Gasteiger partial charge in [-0.1, -0.05) is 32.4 Å². The second kappa shape index (κ2) is 8.20. The van der Waals surface area contributed by atoms with Gasteiger partial charge in [0.15, 0.2) is 0 Å². The molecule has 1 saturated heterocycles. The number of nitrogens with two attached hydrogens (primary N) is 1. The highest BCUT2D eigenvalue weighted by Gasteiger charge is 2.56. The number of halogens is 1. The van der Waals surface area contributed by atoms with Gasteiger partial charge in [-0.3, -0.25) is 9.59 Å². The Morgan fingerprint density at radius 2 is 2.10 bits per heavy atom. The highest BCUT2D eigenvalue weighted by Crippen LogP contribution is 2.48. The molecular weight excluding hydrogens is 418 g/mol. The quantitative estimate of drug-likeness (QED) is 0.698. The molecule has 0 radical (unpaired) electrons. The standard InChI is InChI=1S/C21H28ClN7O2/c1-21(2,3)9-15(23)20(31)29-17-7-12(17)8-18(29)19(30)24-10-13-6-14(22)4-5-16(13)28-11-25-26-27-28/h4-6,11-12,15,17-18H,7-10,23H2,1-3H3,(H,24,30)/t12-,15-,17-,18+/m1/s1. The fourth-order valence-corrected chi connectivity index (χ4v) is 4.63. The molecular formula is C21H28ClN7O2. The largest absolute Gasteiger partial charge is 0.350 e. The van der Waals surface area contributed by atoms with Crippen LogP contribution in [0.1, 0.15) is 45.6 Å². The third-order valence-corrected chi connectivity index (χ3v) is 6.14. The molecule has 4 atom stereocenters. The average molecular weight is 446 g/mol. The number of aromatic nitrogens is 4. The predicted molar refractivity (Wildman–Crippen MR) is 115 cm³/mol. The summed E-state index contributed by atoms with van der Waals surface area (Å²) in [7, 11) is 0. The maximum absolute atomic E-state index is 13.1. The first-order valence-electron chi connectivity index (χ1n) is 10.5. The number of nitrogens with zero attached hydrogens (tertiary/aromatic N) is 5. The maximum Gasteiger partial charge on any atom is 0.243 e. The van der Waals surface area contributed by atoms with Gasteiger partial charge in [-0.05, 0) is 64.8 Å². The zero-order valence-corrected chi connectivity index (χ0v) is 18.7. The number of hydrogen-bond donors (Lipinski definition) is 2. The van der Waals surface area contributed by atoms with Crippen LogP contribution in [-0.4, -0.2) is 55.0 Å². The number of nitrogens with one attached hydrogen (secondary N) is 1. The van der Waals surface area contributed by atoms with Crippen LogP contribution in [0.2, 0.25) is 5.02 Å². The van der Waals surface area contributed by atoms with Crippen molar-refractivity contribution in [3.05, 3.63) is 35.1 Å². The lowest BCUT2D eigenvalue weighted by Crippen LogP contribution is -2.53. The van der Waals surface area contributed by atoms with Crippen LogP contribution in [0.25, 0.3) is 5.69 Å².